The van der Waals surface area contributed by atoms with Gasteiger partial charge in [-0.3, -0.25) is 9.59 Å². The van der Waals surface area contributed by atoms with Crippen LogP contribution in [-0.4, -0.2) is 10.9 Å². The van der Waals surface area contributed by atoms with E-state index < -0.39 is 0 Å². The van der Waals surface area contributed by atoms with Crippen molar-refractivity contribution in [2.75, 3.05) is 5.32 Å². The minimum atomic E-state index is -0.119. The van der Waals surface area contributed by atoms with Crippen molar-refractivity contribution in [3.8, 4) is 0 Å². The molecule has 4 nitrogen and oxygen atoms in total. The fraction of sp³-hybridized carbons (Fsp3) is 0.158. The zero-order valence-corrected chi connectivity index (χ0v) is 14.0. The lowest BCUT2D eigenvalue weighted by atomic mass is 10.1. The van der Waals surface area contributed by atoms with Crippen LogP contribution in [0.2, 0.25) is 5.02 Å². The molecule has 122 valence electrons. The van der Waals surface area contributed by atoms with Gasteiger partial charge >= 0.3 is 0 Å². The Bertz CT molecular complexity index is 963. The van der Waals surface area contributed by atoms with E-state index in [2.05, 4.69) is 10.3 Å². The lowest BCUT2D eigenvalue weighted by Crippen LogP contribution is -2.13. The summed E-state index contributed by atoms with van der Waals surface area (Å²) in [7, 11) is 0. The number of hydrogen-bond acceptors (Lipinski definition) is 2. The van der Waals surface area contributed by atoms with Crippen LogP contribution < -0.4 is 10.9 Å². The fourth-order valence-electron chi connectivity index (χ4n) is 2.56. The largest absolute Gasteiger partial charge is 0.326 e. The standard InChI is InChI=1S/C19H17ClN2O2/c1-12-9-14-6-7-16(11-17(14)22-19(12)24)21-18(23)8-5-13-3-2-4-15(20)10-13/h2-4,6-7,9-11H,5,8H2,1H3,(H,21,23)(H,22,24). The van der Waals surface area contributed by atoms with Gasteiger partial charge in [-0.15, -0.1) is 0 Å². The summed E-state index contributed by atoms with van der Waals surface area (Å²) in [6.07, 6.45) is 0.985. The molecule has 0 saturated heterocycles. The number of fused-ring (bicyclic) bond motifs is 1. The normalized spacial score (nSPS) is 10.8. The van der Waals surface area contributed by atoms with Crippen molar-refractivity contribution in [3.63, 3.8) is 0 Å². The average molecular weight is 341 g/mol. The van der Waals surface area contributed by atoms with Crippen LogP contribution >= 0.6 is 11.6 Å². The maximum Gasteiger partial charge on any atom is 0.251 e. The van der Waals surface area contributed by atoms with Crippen LogP contribution in [0.5, 0.6) is 0 Å². The third kappa shape index (κ3) is 3.84. The van der Waals surface area contributed by atoms with Crippen LogP contribution in [0.15, 0.2) is 53.3 Å². The molecule has 1 aromatic heterocycles. The molecule has 0 radical (unpaired) electrons. The fourth-order valence-corrected chi connectivity index (χ4v) is 2.77. The zero-order valence-electron chi connectivity index (χ0n) is 13.2. The molecule has 0 unspecified atom stereocenters. The Kier molecular flexibility index (Phi) is 4.67. The summed E-state index contributed by atoms with van der Waals surface area (Å²) in [5.74, 6) is -0.0798. The van der Waals surface area contributed by atoms with Gasteiger partial charge in [-0.25, -0.2) is 0 Å². The third-order valence-electron chi connectivity index (χ3n) is 3.85. The molecule has 0 saturated carbocycles. The van der Waals surface area contributed by atoms with E-state index in [4.69, 9.17) is 11.6 Å². The second-order valence-corrected chi connectivity index (χ2v) is 6.20. The average Bonchev–Trinajstić information content (AvgIpc) is 2.54. The van der Waals surface area contributed by atoms with Gasteiger partial charge in [0.25, 0.3) is 5.56 Å². The lowest BCUT2D eigenvalue weighted by molar-refractivity contribution is -0.116. The van der Waals surface area contributed by atoms with Gasteiger partial charge < -0.3 is 10.3 Å². The molecule has 0 aliphatic heterocycles. The number of carbonyl (C=O) groups excluding carboxylic acids is 1. The van der Waals surface area contributed by atoms with E-state index >= 15 is 0 Å². The van der Waals surface area contributed by atoms with Crippen LogP contribution in [0.1, 0.15) is 17.5 Å². The van der Waals surface area contributed by atoms with Crippen LogP contribution in [0, 0.1) is 6.92 Å². The number of pyridine rings is 1. The minimum absolute atomic E-state index is 0.0798. The molecule has 2 N–H and O–H groups in total. The second-order valence-electron chi connectivity index (χ2n) is 5.76. The predicted molar refractivity (Wildman–Crippen MR) is 97.7 cm³/mol. The number of halogens is 1. The monoisotopic (exact) mass is 340 g/mol. The Morgan fingerprint density at radius 1 is 1.17 bits per heavy atom. The number of aryl methyl sites for hydroxylation is 2. The van der Waals surface area contributed by atoms with Crippen LogP contribution in [0.25, 0.3) is 10.9 Å². The quantitative estimate of drug-likeness (QED) is 0.752. The summed E-state index contributed by atoms with van der Waals surface area (Å²) in [5, 5.41) is 4.46. The SMILES string of the molecule is Cc1cc2ccc(NC(=O)CCc3cccc(Cl)c3)cc2[nH]c1=O. The van der Waals surface area contributed by atoms with E-state index in [9.17, 15) is 9.59 Å². The van der Waals surface area contributed by atoms with Crippen molar-refractivity contribution >= 4 is 34.1 Å². The van der Waals surface area contributed by atoms with Gasteiger partial charge in [0, 0.05) is 22.7 Å². The third-order valence-corrected chi connectivity index (χ3v) is 4.08. The molecule has 24 heavy (non-hydrogen) atoms. The van der Waals surface area contributed by atoms with Crippen molar-refractivity contribution in [1.29, 1.82) is 0 Å². The first-order chi connectivity index (χ1) is 11.5. The predicted octanol–water partition coefficient (Wildman–Crippen LogP) is 4.06. The highest BCUT2D eigenvalue weighted by molar-refractivity contribution is 6.30. The number of H-pyrrole nitrogens is 1. The van der Waals surface area contributed by atoms with Gasteiger partial charge in [-0.2, -0.15) is 0 Å². The van der Waals surface area contributed by atoms with E-state index in [0.29, 0.717) is 34.6 Å². The highest BCUT2D eigenvalue weighted by atomic mass is 35.5. The van der Waals surface area contributed by atoms with Gasteiger partial charge in [-0.1, -0.05) is 29.8 Å². The lowest BCUT2D eigenvalue weighted by Gasteiger charge is -2.07. The smallest absolute Gasteiger partial charge is 0.251 e. The van der Waals surface area contributed by atoms with Crippen molar-refractivity contribution < 1.29 is 4.79 Å². The van der Waals surface area contributed by atoms with Gasteiger partial charge in [0.2, 0.25) is 5.91 Å². The highest BCUT2D eigenvalue weighted by Gasteiger charge is 2.05. The summed E-state index contributed by atoms with van der Waals surface area (Å²) in [6.45, 7) is 1.77. The molecule has 0 aliphatic rings. The van der Waals surface area contributed by atoms with Gasteiger partial charge in [0.15, 0.2) is 0 Å². The van der Waals surface area contributed by atoms with E-state index in [-0.39, 0.29) is 11.5 Å². The maximum absolute atomic E-state index is 12.1. The topological polar surface area (TPSA) is 62.0 Å². The Hall–Kier alpha value is -2.59. The summed E-state index contributed by atoms with van der Waals surface area (Å²) >= 11 is 5.94. The molecular weight excluding hydrogens is 324 g/mol. The first-order valence-corrected chi connectivity index (χ1v) is 8.07. The number of anilines is 1. The molecule has 1 heterocycles. The second kappa shape index (κ2) is 6.89. The van der Waals surface area contributed by atoms with Gasteiger partial charge in [0.1, 0.15) is 0 Å². The van der Waals surface area contributed by atoms with E-state index in [1.165, 1.54) is 0 Å². The number of aromatic amines is 1. The van der Waals surface area contributed by atoms with Crippen LogP contribution in [0.3, 0.4) is 0 Å². The van der Waals surface area contributed by atoms with Crippen molar-refractivity contribution in [2.45, 2.75) is 19.8 Å². The summed E-state index contributed by atoms with van der Waals surface area (Å²) in [6, 6.07) is 14.8. The molecule has 0 bridgehead atoms. The minimum Gasteiger partial charge on any atom is -0.326 e. The summed E-state index contributed by atoms with van der Waals surface area (Å²) in [4.78, 5) is 26.6. The number of carbonyl (C=O) groups is 1. The molecular formula is C19H17ClN2O2. The molecule has 1 amide bonds. The molecule has 0 spiro atoms. The number of benzene rings is 2. The van der Waals surface area contributed by atoms with E-state index in [1.54, 1.807) is 13.0 Å². The van der Waals surface area contributed by atoms with E-state index in [1.807, 2.05) is 42.5 Å². The number of nitrogens with one attached hydrogen (secondary N) is 2. The molecule has 0 atom stereocenters. The number of rotatable bonds is 4. The Morgan fingerprint density at radius 3 is 2.79 bits per heavy atom. The number of hydrogen-bond donors (Lipinski definition) is 2. The number of amides is 1. The van der Waals surface area contributed by atoms with Gasteiger partial charge in [-0.05, 0) is 54.6 Å². The maximum atomic E-state index is 12.1. The molecule has 0 fully saturated rings. The molecule has 5 heteroatoms. The summed E-state index contributed by atoms with van der Waals surface area (Å²) < 4.78 is 0. The zero-order chi connectivity index (χ0) is 17.1. The number of aromatic nitrogens is 1. The molecule has 3 rings (SSSR count). The highest BCUT2D eigenvalue weighted by Crippen LogP contribution is 2.18. The summed E-state index contributed by atoms with van der Waals surface area (Å²) in [5.41, 5.74) is 2.94. The first kappa shape index (κ1) is 16.3. The first-order valence-electron chi connectivity index (χ1n) is 7.69. The molecule has 0 aliphatic carbocycles. The van der Waals surface area contributed by atoms with Crippen molar-refractivity contribution in [1.82, 2.24) is 4.98 Å². The Morgan fingerprint density at radius 2 is 2.00 bits per heavy atom. The van der Waals surface area contributed by atoms with E-state index in [0.717, 1.165) is 10.9 Å². The van der Waals surface area contributed by atoms with Crippen LogP contribution in [-0.2, 0) is 11.2 Å². The molecule has 3 aromatic rings. The Labute approximate surface area is 144 Å². The van der Waals surface area contributed by atoms with Crippen molar-refractivity contribution in [3.05, 3.63) is 75.0 Å². The van der Waals surface area contributed by atoms with Crippen molar-refractivity contribution in [2.24, 2.45) is 0 Å². The van der Waals surface area contributed by atoms with Crippen LogP contribution in [0.4, 0.5) is 5.69 Å². The molecule has 2 aromatic carbocycles. The Balaban J connectivity index is 1.69. The van der Waals surface area contributed by atoms with Gasteiger partial charge in [0.05, 0.1) is 5.52 Å².